The molecule has 0 atom stereocenters. The van der Waals surface area contributed by atoms with Crippen molar-refractivity contribution in [3.8, 4) is 0 Å². The average molecular weight is 476 g/mol. The Bertz CT molecular complexity index is 1260. The topological polar surface area (TPSA) is 69.6 Å². The summed E-state index contributed by atoms with van der Waals surface area (Å²) in [4.78, 5) is 26.1. The number of Topliss-reactive ketones (excluding diaryl/α,β-unsaturated/α-hetero) is 1. The fraction of sp³-hybridized carbons (Fsp3) is 0.500. The van der Waals surface area contributed by atoms with Gasteiger partial charge in [-0.1, -0.05) is 31.6 Å². The molecule has 0 radical (unpaired) electrons. The van der Waals surface area contributed by atoms with Crippen molar-refractivity contribution in [2.75, 3.05) is 6.54 Å². The van der Waals surface area contributed by atoms with Crippen LogP contribution in [0.2, 0.25) is 0 Å². The maximum absolute atomic E-state index is 13.6. The van der Waals surface area contributed by atoms with Crippen molar-refractivity contribution in [1.82, 2.24) is 9.88 Å². The Morgan fingerprint density at radius 3 is 2.34 bits per heavy atom. The number of hydrogen-bond donors (Lipinski definition) is 1. The third-order valence-corrected chi connectivity index (χ3v) is 7.66. The second-order valence-electron chi connectivity index (χ2n) is 11.3. The minimum Gasteiger partial charge on any atom is -0.399 e. The number of nitrogens with one attached hydrogen (secondary N) is 1. The van der Waals surface area contributed by atoms with E-state index in [1.165, 1.54) is 0 Å². The monoisotopic (exact) mass is 476 g/mol. The number of aryl methyl sites for hydroxylation is 1. The molecule has 7 heteroatoms. The van der Waals surface area contributed by atoms with Crippen molar-refractivity contribution < 1.29 is 18.9 Å². The van der Waals surface area contributed by atoms with Crippen LogP contribution in [0.5, 0.6) is 0 Å². The van der Waals surface area contributed by atoms with Crippen LogP contribution in [0.4, 0.5) is 0 Å². The van der Waals surface area contributed by atoms with Crippen LogP contribution in [0.15, 0.2) is 41.1 Å². The number of aromatic nitrogens is 1. The zero-order valence-corrected chi connectivity index (χ0v) is 22.5. The van der Waals surface area contributed by atoms with Crippen molar-refractivity contribution in [3.05, 3.63) is 52.3 Å². The molecule has 1 aliphatic carbocycles. The number of hydrogen-bond acceptors (Lipinski definition) is 4. The number of rotatable bonds is 5. The minimum atomic E-state index is -0.575. The van der Waals surface area contributed by atoms with Gasteiger partial charge in [-0.25, -0.2) is 0 Å². The number of carbonyl (C=O) groups excluding carboxylic acids is 2. The maximum Gasteiger partial charge on any atom is 0.494 e. The second kappa shape index (κ2) is 8.79. The van der Waals surface area contributed by atoms with Gasteiger partial charge in [0.2, 0.25) is 0 Å². The number of allylic oxidation sites excluding steroid dienone is 3. The Hall–Kier alpha value is -2.64. The summed E-state index contributed by atoms with van der Waals surface area (Å²) in [5.41, 5.74) is 5.05. The highest BCUT2D eigenvalue weighted by molar-refractivity contribution is 6.62. The second-order valence-corrected chi connectivity index (χ2v) is 11.3. The maximum atomic E-state index is 13.6. The molecule has 0 saturated carbocycles. The van der Waals surface area contributed by atoms with E-state index in [9.17, 15) is 9.59 Å². The van der Waals surface area contributed by atoms with E-state index in [4.69, 9.17) is 9.31 Å². The number of carbonyl (C=O) groups is 2. The van der Waals surface area contributed by atoms with Crippen molar-refractivity contribution in [1.29, 1.82) is 0 Å². The molecule has 2 heterocycles. The molecule has 0 bridgehead atoms. The highest BCUT2D eigenvalue weighted by atomic mass is 16.7. The molecule has 2 aromatic rings. The van der Waals surface area contributed by atoms with Gasteiger partial charge < -0.3 is 19.2 Å². The number of ketones is 1. The zero-order valence-electron chi connectivity index (χ0n) is 22.5. The summed E-state index contributed by atoms with van der Waals surface area (Å²) in [5, 5.41) is 4.03. The summed E-state index contributed by atoms with van der Waals surface area (Å²) in [5.74, 6) is 0.134. The summed E-state index contributed by atoms with van der Waals surface area (Å²) in [6.07, 6.45) is 4.51. The molecule has 1 amide bonds. The van der Waals surface area contributed by atoms with Crippen LogP contribution in [0.25, 0.3) is 10.9 Å². The molecule has 1 saturated heterocycles. The van der Waals surface area contributed by atoms with Gasteiger partial charge in [-0.15, -0.1) is 0 Å². The highest BCUT2D eigenvalue weighted by Gasteiger charge is 2.52. The Morgan fingerprint density at radius 2 is 1.77 bits per heavy atom. The van der Waals surface area contributed by atoms with Gasteiger partial charge in [-0.05, 0) is 70.1 Å². The van der Waals surface area contributed by atoms with Gasteiger partial charge >= 0.3 is 7.12 Å². The number of nitrogens with zero attached hydrogens (tertiary/aromatic N) is 1. The van der Waals surface area contributed by atoms with Gasteiger partial charge in [-0.2, -0.15) is 0 Å². The van der Waals surface area contributed by atoms with E-state index in [0.29, 0.717) is 17.6 Å². The number of fused-ring (bicyclic) bond motifs is 1. The molecule has 0 unspecified atom stereocenters. The number of amides is 1. The van der Waals surface area contributed by atoms with Crippen molar-refractivity contribution in [3.63, 3.8) is 0 Å². The fourth-order valence-electron chi connectivity index (χ4n) is 4.94. The van der Waals surface area contributed by atoms with Crippen molar-refractivity contribution in [2.24, 2.45) is 7.05 Å². The van der Waals surface area contributed by atoms with Crippen LogP contribution in [0, 0.1) is 0 Å². The molecule has 1 aromatic heterocycles. The molecule has 186 valence electrons. The molecule has 2 aliphatic rings. The summed E-state index contributed by atoms with van der Waals surface area (Å²) in [6, 6.07) is 3.96. The molecule has 1 N–H and O–H groups in total. The van der Waals surface area contributed by atoms with Gasteiger partial charge in [0.1, 0.15) is 0 Å². The molecular formula is C28H37BN2O4. The van der Waals surface area contributed by atoms with E-state index in [1.54, 1.807) is 0 Å². The lowest BCUT2D eigenvalue weighted by molar-refractivity contribution is -0.115. The molecule has 1 aliphatic heterocycles. The largest absolute Gasteiger partial charge is 0.494 e. The van der Waals surface area contributed by atoms with E-state index in [1.807, 2.05) is 65.3 Å². The third kappa shape index (κ3) is 4.52. The summed E-state index contributed by atoms with van der Waals surface area (Å²) in [7, 11) is 1.39. The van der Waals surface area contributed by atoms with E-state index in [2.05, 4.69) is 31.4 Å². The Balaban J connectivity index is 1.76. The smallest absolute Gasteiger partial charge is 0.399 e. The van der Waals surface area contributed by atoms with Crippen molar-refractivity contribution >= 4 is 35.2 Å². The normalized spacial score (nSPS) is 19.7. The lowest BCUT2D eigenvalue weighted by Crippen LogP contribution is -2.41. The predicted molar refractivity (Wildman–Crippen MR) is 141 cm³/mol. The average Bonchev–Trinajstić information content (AvgIpc) is 3.18. The molecular weight excluding hydrogens is 439 g/mol. The molecule has 6 nitrogen and oxygen atoms in total. The van der Waals surface area contributed by atoms with Crippen LogP contribution in [0.3, 0.4) is 0 Å². The Morgan fingerprint density at radius 1 is 1.14 bits per heavy atom. The lowest BCUT2D eigenvalue weighted by Gasteiger charge is -2.32. The first kappa shape index (κ1) is 25.5. The molecule has 1 aromatic carbocycles. The van der Waals surface area contributed by atoms with Gasteiger partial charge in [0, 0.05) is 37.2 Å². The first-order valence-electron chi connectivity index (χ1n) is 12.4. The van der Waals surface area contributed by atoms with E-state index < -0.39 is 18.3 Å². The first-order valence-corrected chi connectivity index (χ1v) is 12.4. The summed E-state index contributed by atoms with van der Waals surface area (Å²) in [6.45, 7) is 16.5. The quantitative estimate of drug-likeness (QED) is 0.643. The predicted octanol–water partition coefficient (Wildman–Crippen LogP) is 4.57. The Labute approximate surface area is 208 Å². The van der Waals surface area contributed by atoms with Gasteiger partial charge in [0.25, 0.3) is 5.91 Å². The summed E-state index contributed by atoms with van der Waals surface area (Å²) >= 11 is 0. The van der Waals surface area contributed by atoms with Crippen LogP contribution in [-0.2, 0) is 21.2 Å². The lowest BCUT2D eigenvalue weighted by atomic mass is 9.77. The van der Waals surface area contributed by atoms with E-state index in [0.717, 1.165) is 33.1 Å². The van der Waals surface area contributed by atoms with E-state index >= 15 is 0 Å². The SMILES string of the molecule is CC1=CC(C)=C(CNC(=O)c2cc(B3OC(C)(C)C(C)(C)O3)cc3c(C(C)C)cn(C)c23)C(=O)C1. The molecule has 4 rings (SSSR count). The van der Waals surface area contributed by atoms with Gasteiger partial charge in [-0.3, -0.25) is 9.59 Å². The molecule has 35 heavy (non-hydrogen) atoms. The Kier molecular flexibility index (Phi) is 6.39. The van der Waals surface area contributed by atoms with Crippen LogP contribution < -0.4 is 10.8 Å². The minimum absolute atomic E-state index is 0.0693. The van der Waals surface area contributed by atoms with Gasteiger partial charge in [0.05, 0.1) is 22.3 Å². The zero-order chi connectivity index (χ0) is 25.9. The standard InChI is InChI=1S/C28H37BN2O4/c1-16(2)23-15-31(9)25-20(23)12-19(29-34-27(5,6)28(7,8)35-29)13-21(25)26(33)30-14-22-18(4)10-17(3)11-24(22)32/h10,12-13,15-16H,11,14H2,1-9H3,(H,30,33). The summed E-state index contributed by atoms with van der Waals surface area (Å²) < 4.78 is 14.6. The fourth-order valence-corrected chi connectivity index (χ4v) is 4.94. The highest BCUT2D eigenvalue weighted by Crippen LogP contribution is 2.37. The van der Waals surface area contributed by atoms with Crippen LogP contribution in [0.1, 0.15) is 83.7 Å². The number of benzene rings is 1. The molecule has 0 spiro atoms. The van der Waals surface area contributed by atoms with Crippen molar-refractivity contribution in [2.45, 2.75) is 78.9 Å². The van der Waals surface area contributed by atoms with Crippen LogP contribution >= 0.6 is 0 Å². The van der Waals surface area contributed by atoms with E-state index in [-0.39, 0.29) is 24.2 Å². The first-order chi connectivity index (χ1) is 16.2. The third-order valence-electron chi connectivity index (χ3n) is 7.66. The van der Waals surface area contributed by atoms with Crippen LogP contribution in [-0.4, -0.2) is 41.1 Å². The molecule has 1 fully saturated rings. The van der Waals surface area contributed by atoms with Gasteiger partial charge in [0.15, 0.2) is 5.78 Å².